The Bertz CT molecular complexity index is 639. The van der Waals surface area contributed by atoms with Crippen LogP contribution in [0, 0.1) is 5.92 Å². The summed E-state index contributed by atoms with van der Waals surface area (Å²) < 4.78 is 0. The molecule has 1 aromatic rings. The topological polar surface area (TPSA) is 96.2 Å². The SMILES string of the molecule is CCC1(C)NCC(=C(C)NNc2ccc(CN)cc2)C1C(=O)C=O. The van der Waals surface area contributed by atoms with Gasteiger partial charge >= 0.3 is 0 Å². The monoisotopic (exact) mass is 330 g/mol. The number of ketones is 1. The number of carbonyl (C=O) groups excluding carboxylic acids is 2. The molecule has 2 rings (SSSR count). The maximum Gasteiger partial charge on any atom is 0.204 e. The number of nitrogens with one attached hydrogen (secondary N) is 3. The number of nitrogens with two attached hydrogens (primary N) is 1. The first-order chi connectivity index (χ1) is 11.4. The van der Waals surface area contributed by atoms with E-state index >= 15 is 0 Å². The molecule has 0 radical (unpaired) electrons. The second-order valence-electron chi connectivity index (χ2n) is 6.38. The maximum atomic E-state index is 12.1. The van der Waals surface area contributed by atoms with Gasteiger partial charge in [0.25, 0.3) is 0 Å². The Morgan fingerprint density at radius 3 is 2.62 bits per heavy atom. The van der Waals surface area contributed by atoms with Crippen LogP contribution in [0.15, 0.2) is 35.5 Å². The summed E-state index contributed by atoms with van der Waals surface area (Å²) in [5, 5.41) is 3.37. The quantitative estimate of drug-likeness (QED) is 0.344. The molecule has 1 saturated heterocycles. The highest BCUT2D eigenvalue weighted by molar-refractivity contribution is 6.27. The van der Waals surface area contributed by atoms with Gasteiger partial charge in [-0.15, -0.1) is 0 Å². The number of benzene rings is 1. The normalized spacial score (nSPS) is 25.2. The van der Waals surface area contributed by atoms with Crippen LogP contribution in [0.1, 0.15) is 32.8 Å². The van der Waals surface area contributed by atoms with Crippen LogP contribution >= 0.6 is 0 Å². The third-order valence-electron chi connectivity index (χ3n) is 4.87. The van der Waals surface area contributed by atoms with Crippen LogP contribution in [0.4, 0.5) is 5.69 Å². The summed E-state index contributed by atoms with van der Waals surface area (Å²) in [7, 11) is 0. The molecule has 0 bridgehead atoms. The van der Waals surface area contributed by atoms with E-state index in [1.807, 2.05) is 45.0 Å². The number of hydrogen-bond acceptors (Lipinski definition) is 6. The van der Waals surface area contributed by atoms with E-state index in [2.05, 4.69) is 16.2 Å². The summed E-state index contributed by atoms with van der Waals surface area (Å²) in [6.07, 6.45) is 1.19. The van der Waals surface area contributed by atoms with Crippen molar-refractivity contribution >= 4 is 17.8 Å². The van der Waals surface area contributed by atoms with E-state index in [1.165, 1.54) is 0 Å². The molecule has 130 valence electrons. The van der Waals surface area contributed by atoms with Crippen LogP contribution in [0.25, 0.3) is 0 Å². The number of carbonyl (C=O) groups is 2. The lowest BCUT2D eigenvalue weighted by Gasteiger charge is -2.29. The van der Waals surface area contributed by atoms with Crippen molar-refractivity contribution in [1.82, 2.24) is 10.7 Å². The molecular formula is C18H26N4O2. The number of hydrazine groups is 1. The van der Waals surface area contributed by atoms with Gasteiger partial charge in [0.15, 0.2) is 6.29 Å². The smallest absolute Gasteiger partial charge is 0.204 e. The van der Waals surface area contributed by atoms with Crippen LogP contribution in [-0.2, 0) is 16.1 Å². The molecule has 1 aliphatic heterocycles. The van der Waals surface area contributed by atoms with Gasteiger partial charge in [0.05, 0.1) is 11.6 Å². The van der Waals surface area contributed by atoms with Gasteiger partial charge in [0.1, 0.15) is 0 Å². The van der Waals surface area contributed by atoms with Crippen molar-refractivity contribution < 1.29 is 9.59 Å². The van der Waals surface area contributed by atoms with Crippen molar-refractivity contribution in [3.63, 3.8) is 0 Å². The first-order valence-electron chi connectivity index (χ1n) is 8.20. The summed E-state index contributed by atoms with van der Waals surface area (Å²) in [5.74, 6) is -0.818. The number of hydrogen-bond donors (Lipinski definition) is 4. The zero-order chi connectivity index (χ0) is 17.7. The molecule has 0 amide bonds. The van der Waals surface area contributed by atoms with E-state index in [-0.39, 0.29) is 11.3 Å². The Morgan fingerprint density at radius 1 is 1.42 bits per heavy atom. The summed E-state index contributed by atoms with van der Waals surface area (Å²) >= 11 is 0. The highest BCUT2D eigenvalue weighted by atomic mass is 16.2. The molecule has 24 heavy (non-hydrogen) atoms. The molecule has 2 unspecified atom stereocenters. The molecule has 2 atom stereocenters. The zero-order valence-electron chi connectivity index (χ0n) is 14.5. The summed E-state index contributed by atoms with van der Waals surface area (Å²) in [6, 6.07) is 7.78. The molecule has 0 aromatic heterocycles. The third kappa shape index (κ3) is 3.66. The van der Waals surface area contributed by atoms with Gasteiger partial charge in [0.2, 0.25) is 5.78 Å². The molecule has 5 N–H and O–H groups in total. The summed E-state index contributed by atoms with van der Waals surface area (Å²) in [4.78, 5) is 23.2. The number of rotatable bonds is 7. The Morgan fingerprint density at radius 2 is 2.08 bits per heavy atom. The van der Waals surface area contributed by atoms with Gasteiger partial charge in [-0.05, 0) is 43.5 Å². The molecule has 0 spiro atoms. The Labute approximate surface area is 142 Å². The average molecular weight is 330 g/mol. The Hall–Kier alpha value is -2.18. The van der Waals surface area contributed by atoms with Gasteiger partial charge in [0, 0.05) is 24.3 Å². The first kappa shape index (κ1) is 18.2. The van der Waals surface area contributed by atoms with Gasteiger partial charge in [-0.1, -0.05) is 19.1 Å². The van der Waals surface area contributed by atoms with E-state index in [0.29, 0.717) is 19.4 Å². The molecule has 1 aromatic carbocycles. The van der Waals surface area contributed by atoms with Crippen molar-refractivity contribution in [2.24, 2.45) is 11.7 Å². The largest absolute Gasteiger partial charge is 0.326 e. The summed E-state index contributed by atoms with van der Waals surface area (Å²) in [6.45, 7) is 7.00. The van der Waals surface area contributed by atoms with Crippen LogP contribution in [0.3, 0.4) is 0 Å². The van der Waals surface area contributed by atoms with Crippen LogP contribution in [-0.4, -0.2) is 24.2 Å². The third-order valence-corrected chi connectivity index (χ3v) is 4.87. The Kier molecular flexibility index (Phi) is 5.75. The minimum Gasteiger partial charge on any atom is -0.326 e. The first-order valence-corrected chi connectivity index (χ1v) is 8.20. The van der Waals surface area contributed by atoms with Crippen LogP contribution in [0.5, 0.6) is 0 Å². The van der Waals surface area contributed by atoms with Crippen molar-refractivity contribution in [2.75, 3.05) is 12.0 Å². The van der Waals surface area contributed by atoms with E-state index in [1.54, 1.807) is 0 Å². The lowest BCUT2D eigenvalue weighted by atomic mass is 9.79. The minimum absolute atomic E-state index is 0.382. The van der Waals surface area contributed by atoms with Crippen LogP contribution < -0.4 is 21.9 Å². The molecule has 6 nitrogen and oxygen atoms in total. The molecule has 1 fully saturated rings. The number of Topliss-reactive ketones (excluding diaryl/α,β-unsaturated/α-hetero) is 1. The lowest BCUT2D eigenvalue weighted by molar-refractivity contribution is -0.132. The van der Waals surface area contributed by atoms with Crippen molar-refractivity contribution in [3.05, 3.63) is 41.1 Å². The van der Waals surface area contributed by atoms with Crippen molar-refractivity contribution in [1.29, 1.82) is 0 Å². The fourth-order valence-electron chi connectivity index (χ4n) is 3.09. The van der Waals surface area contributed by atoms with E-state index in [4.69, 9.17) is 5.73 Å². The van der Waals surface area contributed by atoms with E-state index in [0.717, 1.165) is 28.9 Å². The van der Waals surface area contributed by atoms with Crippen LogP contribution in [0.2, 0.25) is 0 Å². The second kappa shape index (κ2) is 7.59. The van der Waals surface area contributed by atoms with Gasteiger partial charge in [-0.3, -0.25) is 9.59 Å². The Balaban J connectivity index is 2.16. The molecule has 0 aliphatic carbocycles. The minimum atomic E-state index is -0.436. The van der Waals surface area contributed by atoms with Gasteiger partial charge < -0.3 is 21.9 Å². The lowest BCUT2D eigenvalue weighted by Crippen LogP contribution is -2.44. The zero-order valence-corrected chi connectivity index (χ0v) is 14.5. The number of allylic oxidation sites excluding steroid dienone is 1. The summed E-state index contributed by atoms with van der Waals surface area (Å²) in [5.41, 5.74) is 15.2. The predicted molar refractivity (Wildman–Crippen MR) is 95.1 cm³/mol. The molecule has 6 heteroatoms. The fourth-order valence-corrected chi connectivity index (χ4v) is 3.09. The maximum absolute atomic E-state index is 12.1. The van der Waals surface area contributed by atoms with Crippen molar-refractivity contribution in [3.8, 4) is 0 Å². The highest BCUT2D eigenvalue weighted by Gasteiger charge is 2.45. The number of aldehydes is 1. The van der Waals surface area contributed by atoms with Crippen molar-refractivity contribution in [2.45, 2.75) is 39.3 Å². The standard InChI is InChI=1S/C18H26N4O2/c1-4-18(3)17(16(24)11-23)15(10-20-18)12(2)21-22-14-7-5-13(9-19)6-8-14/h5-8,11,17,20-22H,4,9-10,19H2,1-3H3. The molecule has 0 saturated carbocycles. The van der Waals surface area contributed by atoms with E-state index in [9.17, 15) is 9.59 Å². The second-order valence-corrected chi connectivity index (χ2v) is 6.38. The van der Waals surface area contributed by atoms with Gasteiger partial charge in [-0.2, -0.15) is 0 Å². The highest BCUT2D eigenvalue weighted by Crippen LogP contribution is 2.35. The molecule has 1 aliphatic rings. The van der Waals surface area contributed by atoms with E-state index < -0.39 is 5.92 Å². The molecule has 1 heterocycles. The predicted octanol–water partition coefficient (Wildman–Crippen LogP) is 1.49. The molecular weight excluding hydrogens is 304 g/mol. The average Bonchev–Trinajstić information content (AvgIpc) is 2.97. The van der Waals surface area contributed by atoms with Gasteiger partial charge in [-0.25, -0.2) is 0 Å². The number of anilines is 1. The fraction of sp³-hybridized carbons (Fsp3) is 0.444.